The quantitative estimate of drug-likeness (QED) is 0.534. The fraction of sp³-hybridized carbons (Fsp3) is 0.533. The molecule has 0 unspecified atom stereocenters. The van der Waals surface area contributed by atoms with Crippen molar-refractivity contribution in [3.63, 3.8) is 0 Å². The van der Waals surface area contributed by atoms with E-state index in [1.165, 1.54) is 6.07 Å². The van der Waals surface area contributed by atoms with Crippen LogP contribution >= 0.6 is 0 Å². The Balaban J connectivity index is 2.19. The molecule has 0 saturated carbocycles. The van der Waals surface area contributed by atoms with Gasteiger partial charge in [0.15, 0.2) is 0 Å². The summed E-state index contributed by atoms with van der Waals surface area (Å²) in [5.41, 5.74) is 0.618. The summed E-state index contributed by atoms with van der Waals surface area (Å²) in [7, 11) is 1.88. The van der Waals surface area contributed by atoms with Crippen molar-refractivity contribution in [2.75, 3.05) is 25.1 Å². The predicted molar refractivity (Wildman–Crippen MR) is 74.8 cm³/mol. The largest absolute Gasteiger partial charge is 0.466 e. The molecule has 1 rings (SSSR count). The molecule has 106 valence electrons. The van der Waals surface area contributed by atoms with Crippen molar-refractivity contribution in [3.05, 3.63) is 30.1 Å². The van der Waals surface area contributed by atoms with Gasteiger partial charge >= 0.3 is 5.97 Å². The standard InChI is InChI=1S/C15H22FNO2/c1-3-19-15(18)11-5-4-8-12-17(2)14-10-7-6-9-13(14)16/h6-7,9-10H,3-5,8,11-12H2,1-2H3. The molecule has 1 aromatic carbocycles. The number of anilines is 1. The third kappa shape index (κ3) is 5.73. The first-order chi connectivity index (χ1) is 9.15. The van der Waals surface area contributed by atoms with E-state index in [4.69, 9.17) is 4.74 Å². The number of unbranched alkanes of at least 4 members (excludes halogenated alkanes) is 2. The molecule has 0 aliphatic carbocycles. The van der Waals surface area contributed by atoms with Crippen LogP contribution in [0.3, 0.4) is 0 Å². The number of halogens is 1. The molecule has 0 spiro atoms. The Hall–Kier alpha value is -1.58. The smallest absolute Gasteiger partial charge is 0.305 e. The average molecular weight is 267 g/mol. The molecular weight excluding hydrogens is 245 g/mol. The van der Waals surface area contributed by atoms with E-state index < -0.39 is 0 Å². The van der Waals surface area contributed by atoms with Crippen molar-refractivity contribution >= 4 is 11.7 Å². The second kappa shape index (κ2) is 8.51. The minimum atomic E-state index is -0.198. The van der Waals surface area contributed by atoms with Gasteiger partial charge in [-0.05, 0) is 31.9 Å². The summed E-state index contributed by atoms with van der Waals surface area (Å²) in [6.07, 6.45) is 3.17. The fourth-order valence-corrected chi connectivity index (χ4v) is 1.91. The molecule has 0 heterocycles. The molecule has 4 heteroatoms. The first-order valence-electron chi connectivity index (χ1n) is 6.76. The van der Waals surface area contributed by atoms with Gasteiger partial charge in [0, 0.05) is 20.0 Å². The Morgan fingerprint density at radius 1 is 1.26 bits per heavy atom. The molecule has 3 nitrogen and oxygen atoms in total. The maximum absolute atomic E-state index is 13.5. The van der Waals surface area contributed by atoms with E-state index >= 15 is 0 Å². The van der Waals surface area contributed by atoms with E-state index in [0.717, 1.165) is 25.8 Å². The zero-order valence-corrected chi connectivity index (χ0v) is 11.7. The van der Waals surface area contributed by atoms with Crippen molar-refractivity contribution in [2.45, 2.75) is 32.6 Å². The molecule has 0 bridgehead atoms. The summed E-state index contributed by atoms with van der Waals surface area (Å²) in [5.74, 6) is -0.332. The molecule has 0 amide bonds. The van der Waals surface area contributed by atoms with Crippen molar-refractivity contribution in [1.82, 2.24) is 0 Å². The fourth-order valence-electron chi connectivity index (χ4n) is 1.91. The minimum Gasteiger partial charge on any atom is -0.466 e. The summed E-state index contributed by atoms with van der Waals surface area (Å²) in [4.78, 5) is 13.0. The number of rotatable bonds is 8. The van der Waals surface area contributed by atoms with Gasteiger partial charge in [-0.3, -0.25) is 4.79 Å². The van der Waals surface area contributed by atoms with Crippen LogP contribution in [-0.4, -0.2) is 26.2 Å². The zero-order chi connectivity index (χ0) is 14.1. The van der Waals surface area contributed by atoms with Gasteiger partial charge in [0.25, 0.3) is 0 Å². The van der Waals surface area contributed by atoms with Gasteiger partial charge in [-0.25, -0.2) is 4.39 Å². The SMILES string of the molecule is CCOC(=O)CCCCCN(C)c1ccccc1F. The molecule has 0 saturated heterocycles. The van der Waals surface area contributed by atoms with Crippen LogP contribution in [-0.2, 0) is 9.53 Å². The van der Waals surface area contributed by atoms with Crippen LogP contribution in [0.4, 0.5) is 10.1 Å². The normalized spacial score (nSPS) is 10.3. The second-order valence-electron chi connectivity index (χ2n) is 4.49. The van der Waals surface area contributed by atoms with Gasteiger partial charge in [-0.15, -0.1) is 0 Å². The van der Waals surface area contributed by atoms with E-state index in [2.05, 4.69) is 0 Å². The molecule has 19 heavy (non-hydrogen) atoms. The van der Waals surface area contributed by atoms with E-state index in [0.29, 0.717) is 18.7 Å². The number of esters is 1. The van der Waals surface area contributed by atoms with Gasteiger partial charge in [0.1, 0.15) is 5.82 Å². The summed E-state index contributed by atoms with van der Waals surface area (Å²) in [6, 6.07) is 6.75. The van der Waals surface area contributed by atoms with Gasteiger partial charge in [0.05, 0.1) is 12.3 Å². The lowest BCUT2D eigenvalue weighted by atomic mass is 10.2. The summed E-state index contributed by atoms with van der Waals surface area (Å²) in [6.45, 7) is 3.03. The molecule has 0 aliphatic heterocycles. The van der Waals surface area contributed by atoms with Gasteiger partial charge < -0.3 is 9.64 Å². The van der Waals surface area contributed by atoms with Crippen molar-refractivity contribution < 1.29 is 13.9 Å². The Morgan fingerprint density at radius 2 is 2.00 bits per heavy atom. The van der Waals surface area contributed by atoms with Crippen LogP contribution in [0, 0.1) is 5.82 Å². The number of hydrogen-bond donors (Lipinski definition) is 0. The molecule has 0 fully saturated rings. The zero-order valence-electron chi connectivity index (χ0n) is 11.7. The molecule has 0 atom stereocenters. The highest BCUT2D eigenvalue weighted by Gasteiger charge is 2.06. The summed E-state index contributed by atoms with van der Waals surface area (Å²) < 4.78 is 18.4. The van der Waals surface area contributed by atoms with Crippen LogP contribution in [0.1, 0.15) is 32.6 Å². The highest BCUT2D eigenvalue weighted by molar-refractivity contribution is 5.69. The number of ether oxygens (including phenoxy) is 1. The Morgan fingerprint density at radius 3 is 2.68 bits per heavy atom. The van der Waals surface area contributed by atoms with E-state index in [1.807, 2.05) is 18.0 Å². The number of para-hydroxylation sites is 1. The first kappa shape index (κ1) is 15.5. The third-order valence-corrected chi connectivity index (χ3v) is 2.94. The monoisotopic (exact) mass is 267 g/mol. The lowest BCUT2D eigenvalue weighted by Crippen LogP contribution is -2.19. The highest BCUT2D eigenvalue weighted by Crippen LogP contribution is 2.17. The minimum absolute atomic E-state index is 0.134. The summed E-state index contributed by atoms with van der Waals surface area (Å²) >= 11 is 0. The third-order valence-electron chi connectivity index (χ3n) is 2.94. The summed E-state index contributed by atoms with van der Waals surface area (Å²) in [5, 5.41) is 0. The lowest BCUT2D eigenvalue weighted by Gasteiger charge is -2.19. The van der Waals surface area contributed by atoms with Crippen LogP contribution in [0.25, 0.3) is 0 Å². The molecule has 0 N–H and O–H groups in total. The Labute approximate surface area is 114 Å². The van der Waals surface area contributed by atoms with Crippen molar-refractivity contribution in [1.29, 1.82) is 0 Å². The van der Waals surface area contributed by atoms with Gasteiger partial charge in [-0.1, -0.05) is 18.6 Å². The number of carbonyl (C=O) groups excluding carboxylic acids is 1. The maximum atomic E-state index is 13.5. The van der Waals surface area contributed by atoms with Crippen molar-refractivity contribution in [2.24, 2.45) is 0 Å². The topological polar surface area (TPSA) is 29.5 Å². The number of hydrogen-bond acceptors (Lipinski definition) is 3. The maximum Gasteiger partial charge on any atom is 0.305 e. The Bertz CT molecular complexity index is 395. The second-order valence-corrected chi connectivity index (χ2v) is 4.49. The molecular formula is C15H22FNO2. The number of nitrogens with zero attached hydrogens (tertiary/aromatic N) is 1. The Kier molecular flexibility index (Phi) is 6.93. The molecule has 0 aliphatic rings. The van der Waals surface area contributed by atoms with Gasteiger partial charge in [0.2, 0.25) is 0 Å². The van der Waals surface area contributed by atoms with Crippen LogP contribution in [0.2, 0.25) is 0 Å². The average Bonchev–Trinajstić information content (AvgIpc) is 2.39. The van der Waals surface area contributed by atoms with Crippen LogP contribution in [0.15, 0.2) is 24.3 Å². The molecule has 0 radical (unpaired) electrons. The highest BCUT2D eigenvalue weighted by atomic mass is 19.1. The number of benzene rings is 1. The van der Waals surface area contributed by atoms with E-state index in [9.17, 15) is 9.18 Å². The molecule has 0 aromatic heterocycles. The van der Waals surface area contributed by atoms with Crippen LogP contribution in [0.5, 0.6) is 0 Å². The van der Waals surface area contributed by atoms with Gasteiger partial charge in [-0.2, -0.15) is 0 Å². The van der Waals surface area contributed by atoms with E-state index in [1.54, 1.807) is 19.1 Å². The lowest BCUT2D eigenvalue weighted by molar-refractivity contribution is -0.143. The molecule has 1 aromatic rings. The number of carbonyl (C=O) groups is 1. The van der Waals surface area contributed by atoms with Crippen LogP contribution < -0.4 is 4.90 Å². The predicted octanol–water partition coefficient (Wildman–Crippen LogP) is 3.39. The van der Waals surface area contributed by atoms with E-state index in [-0.39, 0.29) is 11.8 Å². The van der Waals surface area contributed by atoms with Crippen molar-refractivity contribution in [3.8, 4) is 0 Å². The first-order valence-corrected chi connectivity index (χ1v) is 6.76.